The highest BCUT2D eigenvalue weighted by Gasteiger charge is 2.34. The van der Waals surface area contributed by atoms with E-state index in [1.54, 1.807) is 7.11 Å². The van der Waals surface area contributed by atoms with Gasteiger partial charge in [-0.15, -0.1) is 0 Å². The van der Waals surface area contributed by atoms with Gasteiger partial charge in [-0.1, -0.05) is 83.3 Å². The summed E-state index contributed by atoms with van der Waals surface area (Å²) in [4.78, 5) is 48.4. The molecular weight excluding hydrogens is 564 g/mol. The van der Waals surface area contributed by atoms with Gasteiger partial charge in [0.05, 0.1) is 20.1 Å². The molecule has 0 fully saturated rings. The molecule has 44 heavy (non-hydrogen) atoms. The third kappa shape index (κ3) is 11.6. The molecule has 9 nitrogen and oxygen atoms in total. The summed E-state index contributed by atoms with van der Waals surface area (Å²) in [6.07, 6.45) is 13.8. The Morgan fingerprint density at radius 2 is 1.55 bits per heavy atom. The van der Waals surface area contributed by atoms with Gasteiger partial charge >= 0.3 is 23.9 Å². The summed E-state index contributed by atoms with van der Waals surface area (Å²) in [5.74, 6) is -1.24. The second-order valence-corrected chi connectivity index (χ2v) is 12.2. The van der Waals surface area contributed by atoms with Gasteiger partial charge in [0, 0.05) is 24.0 Å². The van der Waals surface area contributed by atoms with E-state index in [0.717, 1.165) is 62.5 Å². The highest BCUT2D eigenvalue weighted by atomic mass is 16.6. The predicted octanol–water partition coefficient (Wildman–Crippen LogP) is 7.67. The minimum absolute atomic E-state index is 0.106. The smallest absolute Gasteiger partial charge is 0.342 e. The molecule has 1 aliphatic rings. The van der Waals surface area contributed by atoms with E-state index in [2.05, 4.69) is 0 Å². The molecule has 1 aromatic rings. The SMILES string of the molecule is COC(=O)CCC(C)=CCc1c(OC)c(C)c2c(c1OC(=O)C(C)CCCCCCCCCCC(C)CC(=O)O)C(=O)OC2. The molecule has 2 atom stereocenters. The molecule has 0 amide bonds. The summed E-state index contributed by atoms with van der Waals surface area (Å²) in [6.45, 7) is 7.75. The van der Waals surface area contributed by atoms with Gasteiger partial charge in [-0.25, -0.2) is 4.79 Å². The molecule has 0 spiro atoms. The Kier molecular flexibility index (Phi) is 16.0. The van der Waals surface area contributed by atoms with Gasteiger partial charge < -0.3 is 24.1 Å². The number of ether oxygens (including phenoxy) is 4. The Labute approximate surface area is 262 Å². The first-order valence-corrected chi connectivity index (χ1v) is 16.0. The lowest BCUT2D eigenvalue weighted by Gasteiger charge is -2.20. The topological polar surface area (TPSA) is 125 Å². The Hall–Kier alpha value is -3.36. The number of rotatable bonds is 21. The van der Waals surface area contributed by atoms with Crippen molar-refractivity contribution in [1.82, 2.24) is 0 Å². The third-order valence-corrected chi connectivity index (χ3v) is 8.44. The summed E-state index contributed by atoms with van der Waals surface area (Å²) in [6, 6.07) is 0. The van der Waals surface area contributed by atoms with Gasteiger partial charge in [-0.3, -0.25) is 14.4 Å². The normalized spacial score (nSPS) is 14.0. The maximum Gasteiger partial charge on any atom is 0.342 e. The molecule has 0 aliphatic carbocycles. The standard InChI is InChI=1S/C35H52O9/c1-23(18-20-30(38)41-5)17-19-27-32(42-6)26(4)28-22-43-35(40)31(28)33(27)44-34(39)25(3)16-14-12-10-8-7-9-11-13-15-24(2)21-29(36)37/h17,24-25H,7-16,18-22H2,1-6H3,(H,36,37). The molecule has 2 unspecified atom stereocenters. The number of carbonyl (C=O) groups excluding carboxylic acids is 3. The fourth-order valence-corrected chi connectivity index (χ4v) is 5.63. The van der Waals surface area contributed by atoms with Crippen molar-refractivity contribution in [3.8, 4) is 11.5 Å². The van der Waals surface area contributed by atoms with Crippen LogP contribution in [0.1, 0.15) is 131 Å². The summed E-state index contributed by atoms with van der Waals surface area (Å²) in [7, 11) is 2.92. The molecule has 1 N–H and O–H groups in total. The second-order valence-electron chi connectivity index (χ2n) is 12.2. The first-order chi connectivity index (χ1) is 21.0. The van der Waals surface area contributed by atoms with Crippen LogP contribution in [-0.4, -0.2) is 43.2 Å². The Balaban J connectivity index is 1.94. The number of cyclic esters (lactones) is 1. The number of methoxy groups -OCH3 is 2. The molecular formula is C35H52O9. The number of allylic oxidation sites excluding steroid dienone is 2. The molecule has 2 rings (SSSR count). The van der Waals surface area contributed by atoms with Crippen molar-refractivity contribution in [3.05, 3.63) is 33.9 Å². The predicted molar refractivity (Wildman–Crippen MR) is 168 cm³/mol. The van der Waals surface area contributed by atoms with Crippen molar-refractivity contribution >= 4 is 23.9 Å². The van der Waals surface area contributed by atoms with Crippen molar-refractivity contribution in [1.29, 1.82) is 0 Å². The molecule has 0 bridgehead atoms. The van der Waals surface area contributed by atoms with Crippen LogP contribution in [0.5, 0.6) is 11.5 Å². The maximum absolute atomic E-state index is 13.3. The molecule has 0 saturated carbocycles. The number of aliphatic carboxylic acids is 1. The van der Waals surface area contributed by atoms with E-state index in [4.69, 9.17) is 24.1 Å². The van der Waals surface area contributed by atoms with E-state index in [1.807, 2.05) is 33.8 Å². The van der Waals surface area contributed by atoms with Crippen molar-refractivity contribution in [2.45, 2.75) is 124 Å². The van der Waals surface area contributed by atoms with E-state index >= 15 is 0 Å². The molecule has 0 saturated heterocycles. The Morgan fingerprint density at radius 3 is 2.14 bits per heavy atom. The number of carboxylic acid groups (broad SMARTS) is 1. The number of hydrogen-bond donors (Lipinski definition) is 1. The van der Waals surface area contributed by atoms with Gasteiger partial charge in [0.15, 0.2) is 5.75 Å². The van der Waals surface area contributed by atoms with Gasteiger partial charge in [0.1, 0.15) is 17.9 Å². The Bertz CT molecular complexity index is 1170. The number of carbonyl (C=O) groups is 4. The lowest BCUT2D eigenvalue weighted by atomic mass is 9.94. The van der Waals surface area contributed by atoms with E-state index in [-0.39, 0.29) is 54.5 Å². The number of carboxylic acids is 1. The van der Waals surface area contributed by atoms with Crippen molar-refractivity contribution in [3.63, 3.8) is 0 Å². The first-order valence-electron chi connectivity index (χ1n) is 16.0. The maximum atomic E-state index is 13.3. The average molecular weight is 617 g/mol. The average Bonchev–Trinajstić information content (AvgIpc) is 3.38. The highest BCUT2D eigenvalue weighted by molar-refractivity contribution is 5.99. The minimum Gasteiger partial charge on any atom is -0.496 e. The van der Waals surface area contributed by atoms with Crippen LogP contribution in [0.3, 0.4) is 0 Å². The zero-order valence-electron chi connectivity index (χ0n) is 27.6. The zero-order chi connectivity index (χ0) is 32.6. The van der Waals surface area contributed by atoms with Crippen molar-refractivity contribution < 1.29 is 43.2 Å². The fraction of sp³-hybridized carbons (Fsp3) is 0.657. The molecule has 246 valence electrons. The Morgan fingerprint density at radius 1 is 0.932 bits per heavy atom. The fourth-order valence-electron chi connectivity index (χ4n) is 5.63. The molecule has 1 aliphatic heterocycles. The quantitative estimate of drug-likeness (QED) is 0.0641. The monoisotopic (exact) mass is 616 g/mol. The van der Waals surface area contributed by atoms with Crippen molar-refractivity contribution in [2.24, 2.45) is 11.8 Å². The van der Waals surface area contributed by atoms with Crippen LogP contribution in [0.25, 0.3) is 0 Å². The van der Waals surface area contributed by atoms with Gasteiger partial charge in [-0.05, 0) is 44.6 Å². The van der Waals surface area contributed by atoms with Crippen LogP contribution in [0.15, 0.2) is 11.6 Å². The molecule has 0 aromatic heterocycles. The largest absolute Gasteiger partial charge is 0.496 e. The lowest BCUT2D eigenvalue weighted by Crippen LogP contribution is -2.20. The van der Waals surface area contributed by atoms with E-state index < -0.39 is 11.9 Å². The number of benzene rings is 1. The zero-order valence-corrected chi connectivity index (χ0v) is 27.6. The van der Waals surface area contributed by atoms with E-state index in [9.17, 15) is 19.2 Å². The summed E-state index contributed by atoms with van der Waals surface area (Å²) >= 11 is 0. The van der Waals surface area contributed by atoms with Gasteiger partial charge in [0.2, 0.25) is 0 Å². The van der Waals surface area contributed by atoms with Crippen LogP contribution in [0, 0.1) is 18.8 Å². The number of hydrogen-bond acceptors (Lipinski definition) is 8. The number of esters is 3. The molecule has 0 radical (unpaired) electrons. The first kappa shape index (κ1) is 36.8. The molecule has 9 heteroatoms. The van der Waals surface area contributed by atoms with E-state index in [0.29, 0.717) is 36.1 Å². The third-order valence-electron chi connectivity index (χ3n) is 8.44. The lowest BCUT2D eigenvalue weighted by molar-refractivity contribution is -0.141. The summed E-state index contributed by atoms with van der Waals surface area (Å²) in [5, 5.41) is 8.85. The van der Waals surface area contributed by atoms with Crippen LogP contribution >= 0.6 is 0 Å². The van der Waals surface area contributed by atoms with E-state index in [1.165, 1.54) is 13.5 Å². The van der Waals surface area contributed by atoms with Gasteiger partial charge in [0.25, 0.3) is 0 Å². The summed E-state index contributed by atoms with van der Waals surface area (Å²) in [5.41, 5.74) is 3.32. The second kappa shape index (κ2) is 19.1. The molecule has 1 heterocycles. The van der Waals surface area contributed by atoms with Crippen LogP contribution in [-0.2, 0) is 36.9 Å². The van der Waals surface area contributed by atoms with Crippen LogP contribution in [0.2, 0.25) is 0 Å². The highest BCUT2D eigenvalue weighted by Crippen LogP contribution is 2.43. The van der Waals surface area contributed by atoms with Crippen LogP contribution in [0.4, 0.5) is 0 Å². The summed E-state index contributed by atoms with van der Waals surface area (Å²) < 4.78 is 21.8. The van der Waals surface area contributed by atoms with Crippen molar-refractivity contribution in [2.75, 3.05) is 14.2 Å². The number of unbranched alkanes of at least 4 members (excludes halogenated alkanes) is 7. The number of fused-ring (bicyclic) bond motifs is 1. The van der Waals surface area contributed by atoms with Crippen LogP contribution < -0.4 is 9.47 Å². The molecule has 1 aromatic carbocycles. The van der Waals surface area contributed by atoms with Gasteiger partial charge in [-0.2, -0.15) is 0 Å². The minimum atomic E-state index is -0.721.